The molecule has 3 heterocycles. The predicted octanol–water partition coefficient (Wildman–Crippen LogP) is 5.02. The highest BCUT2D eigenvalue weighted by atomic mass is 32.1. The van der Waals surface area contributed by atoms with Gasteiger partial charge in [-0.05, 0) is 54.9 Å². The Kier molecular flexibility index (Phi) is 5.96. The first kappa shape index (κ1) is 21.1. The van der Waals surface area contributed by atoms with Crippen molar-refractivity contribution in [3.63, 3.8) is 0 Å². The molecule has 0 aliphatic carbocycles. The molecule has 0 saturated carbocycles. The minimum atomic E-state index is -0.346. The van der Waals surface area contributed by atoms with Crippen LogP contribution in [0.1, 0.15) is 61.6 Å². The van der Waals surface area contributed by atoms with Gasteiger partial charge in [-0.15, -0.1) is 11.3 Å². The van der Waals surface area contributed by atoms with Crippen molar-refractivity contribution in [3.8, 4) is 0 Å². The molecule has 166 valence electrons. The number of nitrogens with one attached hydrogen (secondary N) is 1. The molecule has 2 unspecified atom stereocenters. The van der Waals surface area contributed by atoms with E-state index in [0.717, 1.165) is 43.7 Å². The van der Waals surface area contributed by atoms with Crippen molar-refractivity contribution in [2.45, 2.75) is 62.9 Å². The lowest BCUT2D eigenvalue weighted by molar-refractivity contribution is -0.135. The molecule has 2 aliphatic heterocycles. The highest BCUT2D eigenvalue weighted by Crippen LogP contribution is 2.35. The Hall–Kier alpha value is -2.73. The molecule has 2 aromatic carbocycles. The number of amides is 2. The normalized spacial score (nSPS) is 23.4. The van der Waals surface area contributed by atoms with Gasteiger partial charge in [-0.1, -0.05) is 42.5 Å². The zero-order chi connectivity index (χ0) is 22.0. The lowest BCUT2D eigenvalue weighted by atomic mass is 9.84. The molecule has 0 spiro atoms. The fourth-order valence-electron chi connectivity index (χ4n) is 5.30. The molecule has 2 amide bonds. The average molecular weight is 448 g/mol. The number of rotatable bonds is 6. The summed E-state index contributed by atoms with van der Waals surface area (Å²) in [6, 6.07) is 14.9. The molecule has 1 N–H and O–H groups in total. The van der Waals surface area contributed by atoms with Crippen LogP contribution in [-0.2, 0) is 16.0 Å². The summed E-state index contributed by atoms with van der Waals surface area (Å²) in [6.07, 6.45) is 8.19. The second-order valence-electron chi connectivity index (χ2n) is 9.16. The van der Waals surface area contributed by atoms with Gasteiger partial charge in [-0.25, -0.2) is 4.98 Å². The summed E-state index contributed by atoms with van der Waals surface area (Å²) in [4.78, 5) is 32.0. The summed E-state index contributed by atoms with van der Waals surface area (Å²) < 4.78 is 0. The van der Waals surface area contributed by atoms with E-state index < -0.39 is 0 Å². The van der Waals surface area contributed by atoms with Crippen LogP contribution in [0.3, 0.4) is 0 Å². The quantitative estimate of drug-likeness (QED) is 0.577. The van der Waals surface area contributed by atoms with Gasteiger partial charge in [0.2, 0.25) is 11.8 Å². The van der Waals surface area contributed by atoms with E-state index in [2.05, 4.69) is 46.7 Å². The molecule has 1 aromatic heterocycles. The van der Waals surface area contributed by atoms with Gasteiger partial charge in [0.1, 0.15) is 5.01 Å². The zero-order valence-corrected chi connectivity index (χ0v) is 19.1. The van der Waals surface area contributed by atoms with E-state index in [9.17, 15) is 9.59 Å². The van der Waals surface area contributed by atoms with Gasteiger partial charge in [0.25, 0.3) is 0 Å². The topological polar surface area (TPSA) is 62.3 Å². The third kappa shape index (κ3) is 4.42. The lowest BCUT2D eigenvalue weighted by Crippen LogP contribution is -2.45. The Morgan fingerprint density at radius 1 is 1.19 bits per heavy atom. The largest absolute Gasteiger partial charge is 0.350 e. The van der Waals surface area contributed by atoms with Gasteiger partial charge >= 0.3 is 0 Å². The highest BCUT2D eigenvalue weighted by Gasteiger charge is 2.39. The molecular formula is C26H29N3O2S. The van der Waals surface area contributed by atoms with Crippen LogP contribution < -0.4 is 5.32 Å². The van der Waals surface area contributed by atoms with E-state index in [1.54, 1.807) is 11.3 Å². The number of hydrogen-bond donors (Lipinski definition) is 1. The molecule has 2 fully saturated rings. The minimum Gasteiger partial charge on any atom is -0.350 e. The van der Waals surface area contributed by atoms with Crippen molar-refractivity contribution < 1.29 is 9.59 Å². The highest BCUT2D eigenvalue weighted by molar-refractivity contribution is 7.09. The fourth-order valence-corrected chi connectivity index (χ4v) is 6.08. The Bertz CT molecular complexity index is 1110. The Morgan fingerprint density at radius 2 is 2.06 bits per heavy atom. The number of nitrogens with zero attached hydrogens (tertiary/aromatic N) is 2. The smallest absolute Gasteiger partial charge is 0.223 e. The van der Waals surface area contributed by atoms with Crippen LogP contribution in [0.15, 0.2) is 54.0 Å². The number of carbonyl (C=O) groups is 2. The van der Waals surface area contributed by atoms with E-state index in [0.29, 0.717) is 19.3 Å². The second kappa shape index (κ2) is 9.02. The Balaban J connectivity index is 1.31. The molecule has 0 radical (unpaired) electrons. The summed E-state index contributed by atoms with van der Waals surface area (Å²) in [6.45, 7) is 0.799. The predicted molar refractivity (Wildman–Crippen MR) is 127 cm³/mol. The van der Waals surface area contributed by atoms with Crippen LogP contribution in [0.2, 0.25) is 0 Å². The number of carbonyl (C=O) groups excluding carboxylic acids is 2. The van der Waals surface area contributed by atoms with Crippen LogP contribution in [0.4, 0.5) is 0 Å². The number of piperidine rings is 1. The van der Waals surface area contributed by atoms with Crippen LogP contribution in [0.25, 0.3) is 10.8 Å². The molecule has 2 saturated heterocycles. The molecule has 2 aliphatic rings. The molecule has 0 bridgehead atoms. The standard InChI is InChI=1S/C26H29N3O2S/c30-23-10-12-26(28-23,18-19-8-9-20-5-1-2-6-21(20)17-19)13-11-24(31)29-15-4-3-7-22(29)25-27-14-16-32-25/h1-2,5-6,8-9,14,16-17,22H,3-4,7,10-13,15,18H2,(H,28,30). The minimum absolute atomic E-state index is 0.0943. The molecule has 2 atom stereocenters. The maximum atomic E-state index is 13.3. The van der Waals surface area contributed by atoms with Crippen LogP contribution in [-0.4, -0.2) is 33.8 Å². The number of hydrogen-bond acceptors (Lipinski definition) is 4. The van der Waals surface area contributed by atoms with Gasteiger partial charge in [-0.3, -0.25) is 9.59 Å². The summed E-state index contributed by atoms with van der Waals surface area (Å²) >= 11 is 1.63. The first-order valence-electron chi connectivity index (χ1n) is 11.6. The van der Waals surface area contributed by atoms with Crippen LogP contribution >= 0.6 is 11.3 Å². The SMILES string of the molecule is O=C1CCC(CCC(=O)N2CCCCC2c2nccs2)(Cc2ccc3ccccc3c2)N1. The summed E-state index contributed by atoms with van der Waals surface area (Å²) in [5.74, 6) is 0.279. The van der Waals surface area contributed by atoms with E-state index in [1.807, 2.05) is 22.5 Å². The van der Waals surface area contributed by atoms with Crippen LogP contribution in [0.5, 0.6) is 0 Å². The van der Waals surface area contributed by atoms with Gasteiger partial charge in [0, 0.05) is 36.5 Å². The zero-order valence-electron chi connectivity index (χ0n) is 18.3. The van der Waals surface area contributed by atoms with E-state index >= 15 is 0 Å². The van der Waals surface area contributed by atoms with Crippen LogP contribution in [0, 0.1) is 0 Å². The maximum Gasteiger partial charge on any atom is 0.223 e. The van der Waals surface area contributed by atoms with E-state index in [1.165, 1.54) is 16.3 Å². The molecular weight excluding hydrogens is 418 g/mol. The number of likely N-dealkylation sites (tertiary alicyclic amines) is 1. The lowest BCUT2D eigenvalue weighted by Gasteiger charge is -2.36. The van der Waals surface area contributed by atoms with Crippen molar-refractivity contribution >= 4 is 33.9 Å². The molecule has 3 aromatic rings. The van der Waals surface area contributed by atoms with Gasteiger partial charge in [-0.2, -0.15) is 0 Å². The van der Waals surface area contributed by atoms with Gasteiger partial charge in [0.15, 0.2) is 0 Å². The first-order valence-corrected chi connectivity index (χ1v) is 12.5. The Labute approximate surface area is 192 Å². The molecule has 5 nitrogen and oxygen atoms in total. The second-order valence-corrected chi connectivity index (χ2v) is 10.1. The van der Waals surface area contributed by atoms with Crippen molar-refractivity contribution in [2.24, 2.45) is 0 Å². The van der Waals surface area contributed by atoms with E-state index in [-0.39, 0.29) is 23.4 Å². The van der Waals surface area contributed by atoms with Gasteiger partial charge < -0.3 is 10.2 Å². The average Bonchev–Trinajstić information content (AvgIpc) is 3.48. The summed E-state index contributed by atoms with van der Waals surface area (Å²) in [5, 5.41) is 8.69. The monoisotopic (exact) mass is 447 g/mol. The summed E-state index contributed by atoms with van der Waals surface area (Å²) in [7, 11) is 0. The maximum absolute atomic E-state index is 13.3. The first-order chi connectivity index (χ1) is 15.6. The van der Waals surface area contributed by atoms with Crippen molar-refractivity contribution in [1.82, 2.24) is 15.2 Å². The third-order valence-corrected chi connectivity index (χ3v) is 7.85. The number of thiazole rings is 1. The van der Waals surface area contributed by atoms with E-state index in [4.69, 9.17) is 0 Å². The van der Waals surface area contributed by atoms with Gasteiger partial charge in [0.05, 0.1) is 6.04 Å². The molecule has 6 heteroatoms. The van der Waals surface area contributed by atoms with Crippen molar-refractivity contribution in [2.75, 3.05) is 6.54 Å². The third-order valence-electron chi connectivity index (χ3n) is 6.97. The molecule has 5 rings (SSSR count). The van der Waals surface area contributed by atoms with Crippen molar-refractivity contribution in [3.05, 3.63) is 64.6 Å². The Morgan fingerprint density at radius 3 is 2.84 bits per heavy atom. The molecule has 32 heavy (non-hydrogen) atoms. The number of fused-ring (bicyclic) bond motifs is 1. The number of aromatic nitrogens is 1. The van der Waals surface area contributed by atoms with Crippen molar-refractivity contribution in [1.29, 1.82) is 0 Å². The number of benzene rings is 2. The summed E-state index contributed by atoms with van der Waals surface area (Å²) in [5.41, 5.74) is 0.860. The fraction of sp³-hybridized carbons (Fsp3) is 0.423.